The first kappa shape index (κ1) is 25.9. The highest BCUT2D eigenvalue weighted by atomic mass is 32.2. The van der Waals surface area contributed by atoms with Gasteiger partial charge in [0.05, 0.1) is 16.2 Å². The summed E-state index contributed by atoms with van der Waals surface area (Å²) in [6.45, 7) is 2.02. The van der Waals surface area contributed by atoms with E-state index in [2.05, 4.69) is 5.32 Å². The first-order valence-corrected chi connectivity index (χ1v) is 11.9. The fourth-order valence-corrected chi connectivity index (χ4v) is 4.03. The average Bonchev–Trinajstić information content (AvgIpc) is 2.80. The van der Waals surface area contributed by atoms with E-state index < -0.39 is 26.6 Å². The molecule has 0 saturated carbocycles. The minimum atomic E-state index is -3.29. The number of carbonyl (C=O) groups is 2. The topological polar surface area (TPSA) is 130 Å². The molecule has 2 aromatic rings. The van der Waals surface area contributed by atoms with E-state index in [1.165, 1.54) is 41.7 Å². The zero-order valence-electron chi connectivity index (χ0n) is 19.1. The number of nitrogens with zero attached hydrogens (tertiary/aromatic N) is 3. The predicted octanol–water partition coefficient (Wildman–Crippen LogP) is 2.29. The van der Waals surface area contributed by atoms with Crippen molar-refractivity contribution < 1.29 is 22.9 Å². The summed E-state index contributed by atoms with van der Waals surface area (Å²) < 4.78 is 24.8. The number of nitro benzene ring substituents is 1. The average molecular weight is 477 g/mol. The van der Waals surface area contributed by atoms with E-state index in [4.69, 9.17) is 0 Å². The second-order valence-electron chi connectivity index (χ2n) is 7.56. The minimum absolute atomic E-state index is 0.000962. The standard InChI is InChI=1S/C22H28N4O6S/c1-5-33(31,32)25(4)14-8-13-23-22(28)18-10-7-6-9-17(18)21(27)16-11-12-19(24(2)3)20(15-16)26(29)30/h6-7,9-12,15H,5,8,13-14H2,1-4H3,(H,23,28). The van der Waals surface area contributed by atoms with Gasteiger partial charge in [-0.2, -0.15) is 0 Å². The lowest BCUT2D eigenvalue weighted by Crippen LogP contribution is -2.32. The van der Waals surface area contributed by atoms with Crippen LogP contribution >= 0.6 is 0 Å². The molecule has 0 unspecified atom stereocenters. The molecule has 0 heterocycles. The molecular formula is C22H28N4O6S. The van der Waals surface area contributed by atoms with Crippen LogP contribution in [-0.2, 0) is 10.0 Å². The van der Waals surface area contributed by atoms with Gasteiger partial charge in [0.25, 0.3) is 11.6 Å². The van der Waals surface area contributed by atoms with Gasteiger partial charge in [-0.1, -0.05) is 18.2 Å². The van der Waals surface area contributed by atoms with Crippen molar-refractivity contribution in [1.82, 2.24) is 9.62 Å². The number of benzene rings is 2. The summed E-state index contributed by atoms with van der Waals surface area (Å²) in [4.78, 5) is 38.3. The fraction of sp³-hybridized carbons (Fsp3) is 0.364. The van der Waals surface area contributed by atoms with Crippen molar-refractivity contribution in [2.45, 2.75) is 13.3 Å². The molecular weight excluding hydrogens is 448 g/mol. The number of carbonyl (C=O) groups excluding carboxylic acids is 2. The Hall–Kier alpha value is -3.31. The summed E-state index contributed by atoms with van der Waals surface area (Å²) in [5.41, 5.74) is 0.500. The molecule has 11 heteroatoms. The minimum Gasteiger partial charge on any atom is -0.372 e. The third kappa shape index (κ3) is 6.36. The second-order valence-corrected chi connectivity index (χ2v) is 9.93. The lowest BCUT2D eigenvalue weighted by molar-refractivity contribution is -0.384. The first-order valence-electron chi connectivity index (χ1n) is 10.3. The van der Waals surface area contributed by atoms with Crippen LogP contribution in [0.2, 0.25) is 0 Å². The van der Waals surface area contributed by atoms with E-state index in [0.717, 1.165) is 0 Å². The van der Waals surface area contributed by atoms with E-state index in [1.54, 1.807) is 38.1 Å². The smallest absolute Gasteiger partial charge is 0.293 e. The number of ketones is 1. The van der Waals surface area contributed by atoms with E-state index in [0.29, 0.717) is 12.1 Å². The van der Waals surface area contributed by atoms with Gasteiger partial charge in [-0.3, -0.25) is 19.7 Å². The molecule has 2 aromatic carbocycles. The van der Waals surface area contributed by atoms with Gasteiger partial charge in [-0.25, -0.2) is 12.7 Å². The Labute approximate surface area is 193 Å². The molecule has 0 aliphatic rings. The van der Waals surface area contributed by atoms with Gasteiger partial charge in [0, 0.05) is 51.4 Å². The largest absolute Gasteiger partial charge is 0.372 e. The summed E-state index contributed by atoms with van der Waals surface area (Å²) in [7, 11) is 1.52. The van der Waals surface area contributed by atoms with Crippen LogP contribution in [0, 0.1) is 10.1 Å². The Morgan fingerprint density at radius 3 is 2.27 bits per heavy atom. The fourth-order valence-electron chi connectivity index (χ4n) is 3.18. The monoisotopic (exact) mass is 476 g/mol. The number of anilines is 1. The van der Waals surface area contributed by atoms with Gasteiger partial charge in [0.2, 0.25) is 10.0 Å². The molecule has 1 amide bonds. The van der Waals surface area contributed by atoms with Crippen LogP contribution in [0.25, 0.3) is 0 Å². The SMILES string of the molecule is CCS(=O)(=O)N(C)CCCNC(=O)c1ccccc1C(=O)c1ccc(N(C)C)c([N+](=O)[O-])c1. The number of amides is 1. The molecule has 0 fully saturated rings. The maximum Gasteiger partial charge on any atom is 0.293 e. The van der Waals surface area contributed by atoms with E-state index >= 15 is 0 Å². The van der Waals surface area contributed by atoms with Crippen molar-refractivity contribution in [3.8, 4) is 0 Å². The maximum atomic E-state index is 13.1. The molecule has 0 spiro atoms. The van der Waals surface area contributed by atoms with Crippen molar-refractivity contribution >= 4 is 33.1 Å². The summed E-state index contributed by atoms with van der Waals surface area (Å²) in [5, 5.41) is 14.1. The summed E-state index contributed by atoms with van der Waals surface area (Å²) >= 11 is 0. The highest BCUT2D eigenvalue weighted by Gasteiger charge is 2.23. The Bertz CT molecular complexity index is 1150. The first-order chi connectivity index (χ1) is 15.5. The van der Waals surface area contributed by atoms with Crippen molar-refractivity contribution in [3.05, 3.63) is 69.3 Å². The van der Waals surface area contributed by atoms with Crippen LogP contribution in [0.1, 0.15) is 39.6 Å². The maximum absolute atomic E-state index is 13.1. The molecule has 2 rings (SSSR count). The Morgan fingerprint density at radius 1 is 1.06 bits per heavy atom. The lowest BCUT2D eigenvalue weighted by atomic mass is 9.97. The number of nitro groups is 1. The van der Waals surface area contributed by atoms with Gasteiger partial charge in [-0.05, 0) is 31.5 Å². The molecule has 1 N–H and O–H groups in total. The molecule has 0 aromatic heterocycles. The van der Waals surface area contributed by atoms with E-state index in [1.807, 2.05) is 0 Å². The molecule has 0 saturated heterocycles. The highest BCUT2D eigenvalue weighted by Crippen LogP contribution is 2.29. The number of rotatable bonds is 11. The molecule has 0 atom stereocenters. The summed E-state index contributed by atoms with van der Waals surface area (Å²) in [6, 6.07) is 10.4. The Balaban J connectivity index is 2.18. The van der Waals surface area contributed by atoms with Crippen LogP contribution in [0.4, 0.5) is 11.4 Å². The molecule has 0 bridgehead atoms. The third-order valence-electron chi connectivity index (χ3n) is 5.11. The lowest BCUT2D eigenvalue weighted by Gasteiger charge is -2.16. The van der Waals surface area contributed by atoms with Gasteiger partial charge in [0.15, 0.2) is 5.78 Å². The van der Waals surface area contributed by atoms with Crippen molar-refractivity contribution in [2.24, 2.45) is 0 Å². The number of nitrogens with one attached hydrogen (secondary N) is 1. The van der Waals surface area contributed by atoms with E-state index in [9.17, 15) is 28.1 Å². The van der Waals surface area contributed by atoms with Crippen LogP contribution < -0.4 is 10.2 Å². The normalized spacial score (nSPS) is 11.3. The molecule has 0 aliphatic heterocycles. The predicted molar refractivity (Wildman–Crippen MR) is 126 cm³/mol. The van der Waals surface area contributed by atoms with Crippen molar-refractivity contribution in [3.63, 3.8) is 0 Å². The third-order valence-corrected chi connectivity index (χ3v) is 6.97. The van der Waals surface area contributed by atoms with E-state index in [-0.39, 0.29) is 41.2 Å². The number of hydrogen-bond acceptors (Lipinski definition) is 7. The zero-order chi connectivity index (χ0) is 24.8. The highest BCUT2D eigenvalue weighted by molar-refractivity contribution is 7.89. The van der Waals surface area contributed by atoms with Crippen molar-refractivity contribution in [2.75, 3.05) is 44.9 Å². The molecule has 0 aliphatic carbocycles. The Morgan fingerprint density at radius 2 is 1.70 bits per heavy atom. The summed E-state index contributed by atoms with van der Waals surface area (Å²) in [5.74, 6) is -0.999. The second kappa shape index (κ2) is 11.0. The Kier molecular flexibility index (Phi) is 8.66. The van der Waals surface area contributed by atoms with Gasteiger partial charge in [0.1, 0.15) is 5.69 Å². The molecule has 33 heavy (non-hydrogen) atoms. The zero-order valence-corrected chi connectivity index (χ0v) is 19.9. The molecule has 178 valence electrons. The van der Waals surface area contributed by atoms with Crippen LogP contribution in [0.3, 0.4) is 0 Å². The number of hydrogen-bond donors (Lipinski definition) is 1. The molecule has 0 radical (unpaired) electrons. The van der Waals surface area contributed by atoms with Gasteiger partial charge >= 0.3 is 0 Å². The number of sulfonamides is 1. The van der Waals surface area contributed by atoms with Crippen LogP contribution in [0.5, 0.6) is 0 Å². The van der Waals surface area contributed by atoms with Crippen LogP contribution in [-0.4, -0.2) is 69.3 Å². The summed E-state index contributed by atoms with van der Waals surface area (Å²) in [6.07, 6.45) is 0.399. The molecule has 10 nitrogen and oxygen atoms in total. The van der Waals surface area contributed by atoms with Crippen molar-refractivity contribution in [1.29, 1.82) is 0 Å². The van der Waals surface area contributed by atoms with Gasteiger partial charge in [-0.15, -0.1) is 0 Å². The van der Waals surface area contributed by atoms with Gasteiger partial charge < -0.3 is 10.2 Å². The quantitative estimate of drug-likeness (QED) is 0.228. The van der Waals surface area contributed by atoms with Crippen LogP contribution in [0.15, 0.2) is 42.5 Å².